The van der Waals surface area contributed by atoms with Crippen LogP contribution in [-0.2, 0) is 6.54 Å². The summed E-state index contributed by atoms with van der Waals surface area (Å²) in [5, 5.41) is 0. The Labute approximate surface area is 85.9 Å². The summed E-state index contributed by atoms with van der Waals surface area (Å²) in [6.45, 7) is 3.82. The highest BCUT2D eigenvalue weighted by atomic mass is 15.1. The van der Waals surface area contributed by atoms with Crippen LogP contribution >= 0.6 is 0 Å². The van der Waals surface area contributed by atoms with Gasteiger partial charge in [-0.25, -0.2) is 0 Å². The fourth-order valence-electron chi connectivity index (χ4n) is 1.36. The Morgan fingerprint density at radius 2 is 2.29 bits per heavy atom. The number of hydrogen-bond donors (Lipinski definition) is 1. The van der Waals surface area contributed by atoms with Crippen LogP contribution < -0.4 is 5.73 Å². The van der Waals surface area contributed by atoms with E-state index in [0.717, 1.165) is 25.2 Å². The number of nitrogens with two attached hydrogens (primary N) is 1. The van der Waals surface area contributed by atoms with Gasteiger partial charge in [-0.15, -0.1) is 0 Å². The van der Waals surface area contributed by atoms with Gasteiger partial charge in [0.1, 0.15) is 0 Å². The molecule has 0 amide bonds. The minimum Gasteiger partial charge on any atom is -0.330 e. The van der Waals surface area contributed by atoms with Crippen LogP contribution in [-0.4, -0.2) is 29.5 Å². The molecule has 0 aliphatic heterocycles. The van der Waals surface area contributed by atoms with E-state index in [1.807, 2.05) is 24.4 Å². The van der Waals surface area contributed by atoms with E-state index in [4.69, 9.17) is 5.73 Å². The zero-order valence-electron chi connectivity index (χ0n) is 8.98. The summed E-state index contributed by atoms with van der Waals surface area (Å²) in [5.41, 5.74) is 6.63. The van der Waals surface area contributed by atoms with Crippen molar-refractivity contribution < 1.29 is 0 Å². The van der Waals surface area contributed by atoms with Gasteiger partial charge in [0.2, 0.25) is 0 Å². The van der Waals surface area contributed by atoms with Gasteiger partial charge < -0.3 is 5.73 Å². The molecular weight excluding hydrogens is 174 g/mol. The summed E-state index contributed by atoms with van der Waals surface area (Å²) in [6, 6.07) is 6.52. The molecule has 2 N–H and O–H groups in total. The first-order valence-electron chi connectivity index (χ1n) is 5.04. The van der Waals surface area contributed by atoms with E-state index >= 15 is 0 Å². The molecule has 0 saturated carbocycles. The summed E-state index contributed by atoms with van der Waals surface area (Å²) in [6.07, 6.45) is 2.86. The van der Waals surface area contributed by atoms with Crippen molar-refractivity contribution in [3.05, 3.63) is 30.1 Å². The fraction of sp³-hybridized carbons (Fsp3) is 0.545. The molecule has 14 heavy (non-hydrogen) atoms. The molecule has 1 aromatic heterocycles. The van der Waals surface area contributed by atoms with Gasteiger partial charge in [0, 0.05) is 18.8 Å². The first-order valence-corrected chi connectivity index (χ1v) is 5.04. The largest absolute Gasteiger partial charge is 0.330 e. The van der Waals surface area contributed by atoms with Crippen LogP contribution in [0.1, 0.15) is 19.0 Å². The number of nitrogens with zero attached hydrogens (tertiary/aromatic N) is 2. The summed E-state index contributed by atoms with van der Waals surface area (Å²) in [4.78, 5) is 6.56. The Bertz CT molecular complexity index is 248. The van der Waals surface area contributed by atoms with E-state index in [2.05, 4.69) is 23.9 Å². The van der Waals surface area contributed by atoms with E-state index in [0.29, 0.717) is 6.04 Å². The van der Waals surface area contributed by atoms with Gasteiger partial charge in [-0.05, 0) is 39.1 Å². The molecule has 0 radical (unpaired) electrons. The molecule has 1 atom stereocenters. The van der Waals surface area contributed by atoms with Crippen LogP contribution in [0.15, 0.2) is 24.4 Å². The van der Waals surface area contributed by atoms with E-state index < -0.39 is 0 Å². The Morgan fingerprint density at radius 1 is 1.50 bits per heavy atom. The standard InChI is InChI=1S/C11H19N3/c1-10(6-7-12)14(2)9-11-5-3-4-8-13-11/h3-5,8,10H,6-7,9,12H2,1-2H3. The van der Waals surface area contributed by atoms with E-state index in [1.54, 1.807) is 0 Å². The van der Waals surface area contributed by atoms with Crippen LogP contribution in [0.4, 0.5) is 0 Å². The first kappa shape index (κ1) is 11.1. The Hall–Kier alpha value is -0.930. The predicted molar refractivity (Wildman–Crippen MR) is 58.8 cm³/mol. The molecule has 1 rings (SSSR count). The Kier molecular flexibility index (Phi) is 4.56. The van der Waals surface area contributed by atoms with Crippen LogP contribution in [0.2, 0.25) is 0 Å². The van der Waals surface area contributed by atoms with Gasteiger partial charge in [-0.2, -0.15) is 0 Å². The lowest BCUT2D eigenvalue weighted by molar-refractivity contribution is 0.238. The average Bonchev–Trinajstić information content (AvgIpc) is 2.19. The van der Waals surface area contributed by atoms with E-state index in [1.165, 1.54) is 0 Å². The molecule has 78 valence electrons. The molecular formula is C11H19N3. The topological polar surface area (TPSA) is 42.1 Å². The van der Waals surface area contributed by atoms with Crippen LogP contribution in [0.3, 0.4) is 0 Å². The quantitative estimate of drug-likeness (QED) is 0.765. The monoisotopic (exact) mass is 193 g/mol. The van der Waals surface area contributed by atoms with Crippen molar-refractivity contribution in [1.82, 2.24) is 9.88 Å². The molecule has 0 bridgehead atoms. The molecule has 0 fully saturated rings. The second-order valence-corrected chi connectivity index (χ2v) is 3.66. The van der Waals surface area contributed by atoms with Gasteiger partial charge in [0.05, 0.1) is 5.69 Å². The molecule has 0 aliphatic rings. The summed E-state index contributed by atoms with van der Waals surface area (Å²) in [5.74, 6) is 0. The van der Waals surface area contributed by atoms with E-state index in [9.17, 15) is 0 Å². The van der Waals surface area contributed by atoms with Crippen molar-refractivity contribution in [2.45, 2.75) is 25.9 Å². The van der Waals surface area contributed by atoms with Crippen molar-refractivity contribution in [3.8, 4) is 0 Å². The highest BCUT2D eigenvalue weighted by Crippen LogP contribution is 2.05. The lowest BCUT2D eigenvalue weighted by Gasteiger charge is -2.23. The lowest BCUT2D eigenvalue weighted by Crippen LogP contribution is -2.30. The minimum absolute atomic E-state index is 0.516. The summed E-state index contributed by atoms with van der Waals surface area (Å²) >= 11 is 0. The number of hydrogen-bond acceptors (Lipinski definition) is 3. The average molecular weight is 193 g/mol. The Morgan fingerprint density at radius 3 is 2.86 bits per heavy atom. The second-order valence-electron chi connectivity index (χ2n) is 3.66. The Balaban J connectivity index is 2.44. The third kappa shape index (κ3) is 3.44. The fourth-order valence-corrected chi connectivity index (χ4v) is 1.36. The molecule has 0 aliphatic carbocycles. The molecule has 1 unspecified atom stereocenters. The summed E-state index contributed by atoms with van der Waals surface area (Å²) in [7, 11) is 2.11. The maximum absolute atomic E-state index is 5.52. The zero-order chi connectivity index (χ0) is 10.4. The molecule has 0 spiro atoms. The second kappa shape index (κ2) is 5.73. The van der Waals surface area contributed by atoms with Gasteiger partial charge >= 0.3 is 0 Å². The van der Waals surface area contributed by atoms with Crippen LogP contribution in [0.25, 0.3) is 0 Å². The van der Waals surface area contributed by atoms with Crippen LogP contribution in [0, 0.1) is 0 Å². The highest BCUT2D eigenvalue weighted by Gasteiger charge is 2.08. The first-order chi connectivity index (χ1) is 6.74. The normalized spacial score (nSPS) is 13.1. The van der Waals surface area contributed by atoms with Gasteiger partial charge in [0.15, 0.2) is 0 Å². The smallest absolute Gasteiger partial charge is 0.0543 e. The maximum atomic E-state index is 5.52. The molecule has 0 saturated heterocycles. The van der Waals surface area contributed by atoms with Crippen molar-refractivity contribution in [1.29, 1.82) is 0 Å². The van der Waals surface area contributed by atoms with Crippen molar-refractivity contribution in [2.75, 3.05) is 13.6 Å². The van der Waals surface area contributed by atoms with Gasteiger partial charge in [0.25, 0.3) is 0 Å². The third-order valence-electron chi connectivity index (χ3n) is 2.47. The number of pyridine rings is 1. The molecule has 1 heterocycles. The molecule has 0 aromatic carbocycles. The zero-order valence-corrected chi connectivity index (χ0v) is 8.98. The number of aromatic nitrogens is 1. The molecule has 3 nitrogen and oxygen atoms in total. The molecule has 1 aromatic rings. The minimum atomic E-state index is 0.516. The SMILES string of the molecule is CC(CCN)N(C)Cc1ccccn1. The predicted octanol–water partition coefficient (Wildman–Crippen LogP) is 1.25. The highest BCUT2D eigenvalue weighted by molar-refractivity contribution is 5.03. The van der Waals surface area contributed by atoms with Crippen molar-refractivity contribution >= 4 is 0 Å². The maximum Gasteiger partial charge on any atom is 0.0543 e. The van der Waals surface area contributed by atoms with Crippen LogP contribution in [0.5, 0.6) is 0 Å². The van der Waals surface area contributed by atoms with Crippen molar-refractivity contribution in [3.63, 3.8) is 0 Å². The lowest BCUT2D eigenvalue weighted by atomic mass is 10.2. The van der Waals surface area contributed by atoms with Gasteiger partial charge in [-0.1, -0.05) is 6.07 Å². The van der Waals surface area contributed by atoms with E-state index in [-0.39, 0.29) is 0 Å². The van der Waals surface area contributed by atoms with Crippen molar-refractivity contribution in [2.24, 2.45) is 5.73 Å². The third-order valence-corrected chi connectivity index (χ3v) is 2.47. The number of rotatable bonds is 5. The van der Waals surface area contributed by atoms with Gasteiger partial charge in [-0.3, -0.25) is 9.88 Å². The molecule has 3 heteroatoms. The summed E-state index contributed by atoms with van der Waals surface area (Å²) < 4.78 is 0.